The zero-order valence-corrected chi connectivity index (χ0v) is 28.5. The van der Waals surface area contributed by atoms with Gasteiger partial charge in [-0.15, -0.1) is 0 Å². The van der Waals surface area contributed by atoms with E-state index in [2.05, 4.69) is 4.90 Å². The van der Waals surface area contributed by atoms with Gasteiger partial charge in [-0.3, -0.25) is 9.48 Å². The van der Waals surface area contributed by atoms with Gasteiger partial charge >= 0.3 is 6.18 Å². The highest BCUT2D eigenvalue weighted by Crippen LogP contribution is 2.37. The Kier molecular flexibility index (Phi) is 10.2. The molecule has 14 heteroatoms. The number of aliphatic hydroxyl groups excluding tert-OH is 1. The standard InChI is InChI=1S/C34H41ClF3N5O4S/c1-48(46,47)41-18-14-31-29(22-41)33(25-8-11-30(34(36,37)38)24(19-25)7-4-23-5-9-26(35)10-6-23)39-43(31)21-28(44)20-40-16-12-27(13-17-40)42-15-2-3-32(42)45/h5-6,8-11,19,27-28,44H,2-4,7,12-18,20-22H2,1H3. The molecule has 3 aromatic rings. The van der Waals surface area contributed by atoms with Crippen molar-refractivity contribution < 1.29 is 31.5 Å². The number of nitrogens with zero attached hydrogens (tertiary/aromatic N) is 5. The summed E-state index contributed by atoms with van der Waals surface area (Å²) in [5.74, 6) is 0.226. The van der Waals surface area contributed by atoms with E-state index >= 15 is 0 Å². The number of hydrogen-bond acceptors (Lipinski definition) is 6. The molecule has 0 spiro atoms. The van der Waals surface area contributed by atoms with Crippen LogP contribution in [0, 0.1) is 0 Å². The quantitative estimate of drug-likeness (QED) is 0.326. The largest absolute Gasteiger partial charge is 0.416 e. The number of fused-ring (bicyclic) bond motifs is 1. The van der Waals surface area contributed by atoms with Gasteiger partial charge in [0.15, 0.2) is 0 Å². The molecule has 1 N–H and O–H groups in total. The number of aryl methyl sites for hydroxylation is 2. The zero-order valence-electron chi connectivity index (χ0n) is 26.9. The molecule has 4 heterocycles. The molecule has 6 rings (SSSR count). The van der Waals surface area contributed by atoms with Crippen molar-refractivity contribution in [1.29, 1.82) is 0 Å². The van der Waals surface area contributed by atoms with Crippen LogP contribution in [0.15, 0.2) is 42.5 Å². The Morgan fingerprint density at radius 2 is 1.73 bits per heavy atom. The maximum atomic E-state index is 14.1. The number of aliphatic hydroxyl groups is 1. The molecule has 3 aliphatic heterocycles. The molecule has 2 fully saturated rings. The second kappa shape index (κ2) is 14.1. The minimum Gasteiger partial charge on any atom is -0.390 e. The van der Waals surface area contributed by atoms with Crippen LogP contribution in [0.4, 0.5) is 13.2 Å². The summed E-state index contributed by atoms with van der Waals surface area (Å²) < 4.78 is 70.4. The molecule has 1 atom stereocenters. The van der Waals surface area contributed by atoms with E-state index in [4.69, 9.17) is 16.7 Å². The predicted octanol–water partition coefficient (Wildman–Crippen LogP) is 4.77. The number of halogens is 4. The number of carbonyl (C=O) groups is 1. The maximum absolute atomic E-state index is 14.1. The van der Waals surface area contributed by atoms with Crippen LogP contribution in [0.3, 0.4) is 0 Å². The summed E-state index contributed by atoms with van der Waals surface area (Å²) in [6.45, 7) is 3.21. The fourth-order valence-corrected chi connectivity index (χ4v) is 8.22. The third-order valence-electron chi connectivity index (χ3n) is 9.81. The molecule has 1 aromatic heterocycles. The summed E-state index contributed by atoms with van der Waals surface area (Å²) in [4.78, 5) is 16.4. The third kappa shape index (κ3) is 7.91. The number of benzene rings is 2. The summed E-state index contributed by atoms with van der Waals surface area (Å²) in [5, 5.41) is 16.6. The van der Waals surface area contributed by atoms with Crippen LogP contribution in [-0.4, -0.2) is 94.4 Å². The third-order valence-corrected chi connectivity index (χ3v) is 11.3. The van der Waals surface area contributed by atoms with E-state index in [0.717, 1.165) is 62.5 Å². The van der Waals surface area contributed by atoms with E-state index in [-0.39, 0.29) is 43.6 Å². The minimum atomic E-state index is -4.55. The van der Waals surface area contributed by atoms with Crippen molar-refractivity contribution in [2.45, 2.75) is 76.4 Å². The Morgan fingerprint density at radius 3 is 2.38 bits per heavy atom. The van der Waals surface area contributed by atoms with Gasteiger partial charge in [0, 0.05) is 80.0 Å². The number of alkyl halides is 3. The van der Waals surface area contributed by atoms with Crippen molar-refractivity contribution in [1.82, 2.24) is 23.9 Å². The molecular formula is C34H41ClF3N5O4S. The van der Waals surface area contributed by atoms with Crippen molar-refractivity contribution in [2.24, 2.45) is 0 Å². The smallest absolute Gasteiger partial charge is 0.390 e. The summed E-state index contributed by atoms with van der Waals surface area (Å²) in [5.41, 5.74) is 2.55. The first-order valence-corrected chi connectivity index (χ1v) is 18.7. The SMILES string of the molecule is CS(=O)(=O)N1CCc2c(c(-c3ccc(C(F)(F)F)c(CCc4ccc(Cl)cc4)c3)nn2CC(O)CN2CCC(N3CCCC3=O)CC2)C1. The molecule has 2 saturated heterocycles. The number of hydrogen-bond donors (Lipinski definition) is 1. The van der Waals surface area contributed by atoms with E-state index in [9.17, 15) is 31.5 Å². The van der Waals surface area contributed by atoms with E-state index in [0.29, 0.717) is 47.7 Å². The van der Waals surface area contributed by atoms with E-state index in [1.807, 2.05) is 4.90 Å². The van der Waals surface area contributed by atoms with Gasteiger partial charge in [0.2, 0.25) is 15.9 Å². The number of sulfonamides is 1. The molecule has 0 saturated carbocycles. The van der Waals surface area contributed by atoms with Crippen LogP contribution in [-0.2, 0) is 53.3 Å². The van der Waals surface area contributed by atoms with Crippen LogP contribution in [0.25, 0.3) is 11.3 Å². The summed E-state index contributed by atoms with van der Waals surface area (Å²) in [6, 6.07) is 11.2. The lowest BCUT2D eigenvalue weighted by Crippen LogP contribution is -2.47. The molecule has 0 radical (unpaired) electrons. The molecular weight excluding hydrogens is 667 g/mol. The van der Waals surface area contributed by atoms with Crippen LogP contribution in [0.5, 0.6) is 0 Å². The predicted molar refractivity (Wildman–Crippen MR) is 177 cm³/mol. The van der Waals surface area contributed by atoms with Gasteiger partial charge < -0.3 is 14.9 Å². The van der Waals surface area contributed by atoms with Crippen molar-refractivity contribution in [2.75, 3.05) is 39.0 Å². The molecule has 260 valence electrons. The van der Waals surface area contributed by atoms with E-state index < -0.39 is 27.9 Å². The van der Waals surface area contributed by atoms with E-state index in [1.54, 1.807) is 28.9 Å². The van der Waals surface area contributed by atoms with Gasteiger partial charge in [-0.1, -0.05) is 29.8 Å². The maximum Gasteiger partial charge on any atom is 0.416 e. The van der Waals surface area contributed by atoms with Gasteiger partial charge in [0.05, 0.1) is 30.2 Å². The Bertz CT molecular complexity index is 1740. The number of likely N-dealkylation sites (tertiary alicyclic amines) is 2. The first kappa shape index (κ1) is 34.9. The average molecular weight is 708 g/mol. The highest BCUT2D eigenvalue weighted by atomic mass is 35.5. The Labute approximate surface area is 284 Å². The summed E-state index contributed by atoms with van der Waals surface area (Å²) in [7, 11) is -3.53. The van der Waals surface area contributed by atoms with Gasteiger partial charge in [-0.2, -0.15) is 22.6 Å². The monoisotopic (exact) mass is 707 g/mol. The van der Waals surface area contributed by atoms with Crippen molar-refractivity contribution >= 4 is 27.5 Å². The van der Waals surface area contributed by atoms with Crippen molar-refractivity contribution in [3.63, 3.8) is 0 Å². The zero-order chi connectivity index (χ0) is 34.2. The fraction of sp³-hybridized carbons (Fsp3) is 0.529. The normalized spacial score (nSPS) is 19.2. The van der Waals surface area contributed by atoms with E-state index in [1.165, 1.54) is 16.4 Å². The van der Waals surface area contributed by atoms with Crippen LogP contribution < -0.4 is 0 Å². The second-order valence-electron chi connectivity index (χ2n) is 13.2. The Balaban J connectivity index is 1.24. The topological polar surface area (TPSA) is 99.0 Å². The molecule has 0 aliphatic carbocycles. The van der Waals surface area contributed by atoms with Crippen LogP contribution in [0.1, 0.15) is 53.6 Å². The first-order chi connectivity index (χ1) is 22.8. The summed E-state index contributed by atoms with van der Waals surface area (Å²) >= 11 is 5.98. The van der Waals surface area contributed by atoms with Crippen molar-refractivity contribution in [3.05, 3.63) is 75.4 Å². The molecule has 1 amide bonds. The molecule has 48 heavy (non-hydrogen) atoms. The number of β-amino-alcohol motifs (C(OH)–C–C–N with tert-alkyl or cyclic N) is 1. The molecule has 9 nitrogen and oxygen atoms in total. The molecule has 0 bridgehead atoms. The van der Waals surface area contributed by atoms with Gasteiger partial charge in [0.1, 0.15) is 0 Å². The number of piperidine rings is 1. The highest BCUT2D eigenvalue weighted by Gasteiger charge is 2.35. The molecule has 1 unspecified atom stereocenters. The van der Waals surface area contributed by atoms with Crippen LogP contribution >= 0.6 is 11.6 Å². The Morgan fingerprint density at radius 1 is 1.00 bits per heavy atom. The lowest BCUT2D eigenvalue weighted by molar-refractivity contribution is -0.138. The number of amides is 1. The average Bonchev–Trinajstić information content (AvgIpc) is 3.63. The Hall–Kier alpha value is -2.97. The van der Waals surface area contributed by atoms with Crippen molar-refractivity contribution in [3.8, 4) is 11.3 Å². The van der Waals surface area contributed by atoms with Crippen LogP contribution in [0.2, 0.25) is 5.02 Å². The lowest BCUT2D eigenvalue weighted by Gasteiger charge is -2.37. The van der Waals surface area contributed by atoms with Gasteiger partial charge in [0.25, 0.3) is 0 Å². The number of aromatic nitrogens is 2. The highest BCUT2D eigenvalue weighted by molar-refractivity contribution is 7.88. The second-order valence-corrected chi connectivity index (χ2v) is 15.6. The minimum absolute atomic E-state index is 0.0451. The first-order valence-electron chi connectivity index (χ1n) is 16.4. The number of carbonyl (C=O) groups excluding carboxylic acids is 1. The summed E-state index contributed by atoms with van der Waals surface area (Å²) in [6.07, 6.45) is -0.0838. The van der Waals surface area contributed by atoms with Gasteiger partial charge in [-0.25, -0.2) is 8.42 Å². The number of rotatable bonds is 10. The lowest BCUT2D eigenvalue weighted by atomic mass is 9.94. The molecule has 3 aliphatic rings. The molecule has 2 aromatic carbocycles. The fourth-order valence-electron chi connectivity index (χ4n) is 7.31. The van der Waals surface area contributed by atoms with Gasteiger partial charge in [-0.05, 0) is 67.5 Å².